The molecule has 0 aliphatic rings. The highest BCUT2D eigenvalue weighted by Crippen LogP contribution is 2.40. The molecule has 266 valence electrons. The van der Waals surface area contributed by atoms with Crippen LogP contribution < -0.4 is 30.1 Å². The monoisotopic (exact) mass is 731 g/mol. The van der Waals surface area contributed by atoms with E-state index in [4.69, 9.17) is 9.47 Å². The van der Waals surface area contributed by atoms with Crippen molar-refractivity contribution in [2.24, 2.45) is 0 Å². The van der Waals surface area contributed by atoms with Gasteiger partial charge >= 0.3 is 12.0 Å². The highest BCUT2D eigenvalue weighted by atomic mass is 32.2. The number of aromatic nitrogens is 1. The zero-order valence-corrected chi connectivity index (χ0v) is 30.3. The lowest BCUT2D eigenvalue weighted by atomic mass is 9.86. The summed E-state index contributed by atoms with van der Waals surface area (Å²) < 4.78 is 50.7. The van der Waals surface area contributed by atoms with Crippen molar-refractivity contribution in [3.63, 3.8) is 0 Å². The molecule has 0 saturated carbocycles. The molecule has 4 aromatic carbocycles. The number of ether oxygens (including phenoxy) is 2. The fourth-order valence-corrected chi connectivity index (χ4v) is 6.54. The van der Waals surface area contributed by atoms with Crippen LogP contribution >= 0.6 is 0 Å². The van der Waals surface area contributed by atoms with E-state index in [2.05, 4.69) is 25.7 Å². The Kier molecular flexibility index (Phi) is 10.6. The maximum Gasteiger partial charge on any atom is 0.340 e. The number of aromatic carboxylic acids is 1. The Morgan fingerprint density at radius 1 is 0.902 bits per heavy atom. The number of carboxylic acids is 1. The van der Waals surface area contributed by atoms with Gasteiger partial charge in [0, 0.05) is 34.8 Å². The SMILES string of the molecule is COc1c(NC(=O)Nc2ccc(Oc3ccnc(Nc4ccc(C(=O)O)c([S+](C)[O-])c4)c3)c3ccccc23)cc(C(C)(C)C)cc1NS(C)(=O)=O. The lowest BCUT2D eigenvalue weighted by Crippen LogP contribution is -2.22. The van der Waals surface area contributed by atoms with Gasteiger partial charge in [-0.3, -0.25) is 4.72 Å². The number of carboxylic acid groups (broad SMARTS) is 1. The molecule has 1 heterocycles. The van der Waals surface area contributed by atoms with E-state index in [0.29, 0.717) is 39.5 Å². The minimum absolute atomic E-state index is 0.0424. The average molecular weight is 732 g/mol. The minimum atomic E-state index is -3.65. The van der Waals surface area contributed by atoms with Gasteiger partial charge < -0.3 is 35.1 Å². The molecule has 5 aromatic rings. The third-order valence-electron chi connectivity index (χ3n) is 7.59. The van der Waals surface area contributed by atoms with Crippen molar-refractivity contribution in [1.82, 2.24) is 4.98 Å². The molecule has 13 nitrogen and oxygen atoms in total. The average Bonchev–Trinajstić information content (AvgIpc) is 3.04. The summed E-state index contributed by atoms with van der Waals surface area (Å²) in [6.45, 7) is 5.90. The van der Waals surface area contributed by atoms with E-state index < -0.39 is 33.2 Å². The second-order valence-corrected chi connectivity index (χ2v) is 15.6. The van der Waals surface area contributed by atoms with Gasteiger partial charge in [0.2, 0.25) is 10.0 Å². The van der Waals surface area contributed by atoms with Crippen LogP contribution in [0.1, 0.15) is 36.7 Å². The fourth-order valence-electron chi connectivity index (χ4n) is 5.23. The van der Waals surface area contributed by atoms with Gasteiger partial charge in [-0.1, -0.05) is 45.0 Å². The summed E-state index contributed by atoms with van der Waals surface area (Å²) in [6, 6.07) is 21.4. The summed E-state index contributed by atoms with van der Waals surface area (Å²) >= 11 is -1.53. The minimum Gasteiger partial charge on any atom is -0.612 e. The maximum absolute atomic E-state index is 13.4. The molecule has 2 amide bonds. The zero-order valence-electron chi connectivity index (χ0n) is 28.7. The molecule has 5 rings (SSSR count). The van der Waals surface area contributed by atoms with Crippen molar-refractivity contribution in [2.75, 3.05) is 40.3 Å². The zero-order chi connectivity index (χ0) is 37.1. The summed E-state index contributed by atoms with van der Waals surface area (Å²) in [5, 5.41) is 19.6. The number of nitrogens with one attached hydrogen (secondary N) is 4. The normalized spacial score (nSPS) is 12.1. The maximum atomic E-state index is 13.4. The summed E-state index contributed by atoms with van der Waals surface area (Å²) in [5.74, 6) is 0.338. The predicted octanol–water partition coefficient (Wildman–Crippen LogP) is 7.53. The number of anilines is 5. The number of carbonyl (C=O) groups excluding carboxylic acids is 1. The van der Waals surface area contributed by atoms with Crippen molar-refractivity contribution in [3.05, 3.63) is 96.2 Å². The standard InChI is InChI=1S/C36H37N5O8S2/c1-36(2,3)21-17-28(33(48-4)29(18-21)41-51(6,46)47)40-35(44)39-27-13-14-30(25-10-8-7-9-24(25)27)49-23-15-16-37-32(20-23)38-22-11-12-26(34(42)43)31(19-22)50(5)45/h7-20,41H,1-6H3,(H,37,38)(H,42,43)(H2,39,40,44). The van der Waals surface area contributed by atoms with Crippen molar-refractivity contribution >= 4 is 72.5 Å². The Balaban J connectivity index is 1.39. The van der Waals surface area contributed by atoms with Crippen LogP contribution in [0.3, 0.4) is 0 Å². The van der Waals surface area contributed by atoms with E-state index >= 15 is 0 Å². The summed E-state index contributed by atoms with van der Waals surface area (Å²) in [4.78, 5) is 29.5. The number of methoxy groups -OCH3 is 1. The van der Waals surface area contributed by atoms with E-state index in [9.17, 15) is 27.7 Å². The Labute approximate surface area is 298 Å². The number of nitrogens with zero attached hydrogens (tertiary/aromatic N) is 1. The Morgan fingerprint density at radius 3 is 2.24 bits per heavy atom. The smallest absolute Gasteiger partial charge is 0.340 e. The summed E-state index contributed by atoms with van der Waals surface area (Å²) in [6.07, 6.45) is 4.00. The van der Waals surface area contributed by atoms with Gasteiger partial charge in [-0.05, 0) is 64.6 Å². The molecular weight excluding hydrogens is 695 g/mol. The van der Waals surface area contributed by atoms with Crippen LogP contribution in [0.15, 0.2) is 90.0 Å². The largest absolute Gasteiger partial charge is 0.612 e. The van der Waals surface area contributed by atoms with Crippen LogP contribution in [0.25, 0.3) is 10.8 Å². The van der Waals surface area contributed by atoms with Crippen LogP contribution in [0.5, 0.6) is 17.2 Å². The second-order valence-electron chi connectivity index (χ2n) is 12.5. The molecular formula is C36H37N5O8S2. The molecule has 0 aliphatic carbocycles. The Hall–Kier alpha value is -5.51. The van der Waals surface area contributed by atoms with Crippen LogP contribution in [0, 0.1) is 0 Å². The lowest BCUT2D eigenvalue weighted by molar-refractivity contribution is 0.0692. The van der Waals surface area contributed by atoms with Gasteiger partial charge in [0.05, 0.1) is 30.4 Å². The molecule has 5 N–H and O–H groups in total. The van der Waals surface area contributed by atoms with Gasteiger partial charge in [-0.15, -0.1) is 0 Å². The number of carbonyl (C=O) groups is 2. The van der Waals surface area contributed by atoms with Crippen LogP contribution in [-0.2, 0) is 26.6 Å². The van der Waals surface area contributed by atoms with Crippen molar-refractivity contribution < 1.29 is 37.1 Å². The van der Waals surface area contributed by atoms with Crippen molar-refractivity contribution in [3.8, 4) is 17.2 Å². The van der Waals surface area contributed by atoms with Gasteiger partial charge in [-0.2, -0.15) is 0 Å². The first-order valence-electron chi connectivity index (χ1n) is 15.4. The van der Waals surface area contributed by atoms with E-state index in [1.807, 2.05) is 45.0 Å². The third-order valence-corrected chi connectivity index (χ3v) is 9.14. The molecule has 1 aromatic heterocycles. The number of sulfonamides is 1. The fraction of sp³-hybridized carbons (Fsp3) is 0.194. The van der Waals surface area contributed by atoms with Gasteiger partial charge in [0.15, 0.2) is 10.6 Å². The van der Waals surface area contributed by atoms with Crippen molar-refractivity contribution in [2.45, 2.75) is 31.1 Å². The molecule has 0 saturated heterocycles. The number of pyridine rings is 1. The van der Waals surface area contributed by atoms with Crippen LogP contribution in [-0.4, -0.2) is 54.7 Å². The topological polar surface area (TPSA) is 191 Å². The Bertz CT molecular complexity index is 2240. The number of rotatable bonds is 11. The molecule has 1 unspecified atom stereocenters. The second kappa shape index (κ2) is 14.8. The molecule has 0 aliphatic heterocycles. The third kappa shape index (κ3) is 9.00. The molecule has 0 spiro atoms. The molecule has 0 fully saturated rings. The van der Waals surface area contributed by atoms with Crippen LogP contribution in [0.2, 0.25) is 0 Å². The van der Waals surface area contributed by atoms with E-state index in [1.54, 1.807) is 48.7 Å². The van der Waals surface area contributed by atoms with E-state index in [1.165, 1.54) is 25.5 Å². The molecule has 1 atom stereocenters. The first-order valence-corrected chi connectivity index (χ1v) is 18.9. The Morgan fingerprint density at radius 2 is 1.59 bits per heavy atom. The first-order chi connectivity index (χ1) is 24.0. The number of hydrogen-bond acceptors (Lipinski definition) is 9. The van der Waals surface area contributed by atoms with Gasteiger partial charge in [0.25, 0.3) is 0 Å². The summed E-state index contributed by atoms with van der Waals surface area (Å²) in [7, 11) is -2.26. The lowest BCUT2D eigenvalue weighted by Gasteiger charge is -2.24. The van der Waals surface area contributed by atoms with Gasteiger partial charge in [0.1, 0.15) is 29.1 Å². The number of fused-ring (bicyclic) bond motifs is 1. The highest BCUT2D eigenvalue weighted by Gasteiger charge is 2.23. The summed E-state index contributed by atoms with van der Waals surface area (Å²) in [5.41, 5.74) is 1.81. The molecule has 51 heavy (non-hydrogen) atoms. The van der Waals surface area contributed by atoms with Crippen LogP contribution in [0.4, 0.5) is 33.4 Å². The predicted molar refractivity (Wildman–Crippen MR) is 200 cm³/mol. The number of amides is 2. The van der Waals surface area contributed by atoms with E-state index in [0.717, 1.165) is 11.8 Å². The number of urea groups is 1. The molecule has 0 radical (unpaired) electrons. The number of benzene rings is 4. The first kappa shape index (κ1) is 36.8. The molecule has 0 bridgehead atoms. The van der Waals surface area contributed by atoms with Gasteiger partial charge in [-0.25, -0.2) is 23.0 Å². The quantitative estimate of drug-likeness (QED) is 0.0849. The highest BCUT2D eigenvalue weighted by molar-refractivity contribution is 7.92. The van der Waals surface area contributed by atoms with E-state index in [-0.39, 0.29) is 33.0 Å². The van der Waals surface area contributed by atoms with Crippen molar-refractivity contribution in [1.29, 1.82) is 0 Å². The number of hydrogen-bond donors (Lipinski definition) is 5. The molecule has 15 heteroatoms.